The van der Waals surface area contributed by atoms with Gasteiger partial charge in [0, 0.05) is 35.5 Å². The van der Waals surface area contributed by atoms with E-state index in [0.29, 0.717) is 55.2 Å². The van der Waals surface area contributed by atoms with Gasteiger partial charge in [0.25, 0.3) is 5.91 Å². The van der Waals surface area contributed by atoms with Crippen molar-refractivity contribution in [2.75, 3.05) is 27.3 Å². The van der Waals surface area contributed by atoms with E-state index in [1.165, 1.54) is 11.3 Å². The third kappa shape index (κ3) is 5.34. The van der Waals surface area contributed by atoms with Crippen LogP contribution in [-0.4, -0.2) is 48.9 Å². The van der Waals surface area contributed by atoms with Crippen molar-refractivity contribution >= 4 is 23.0 Å². The Morgan fingerprint density at radius 1 is 1.00 bits per heavy atom. The van der Waals surface area contributed by atoms with E-state index in [4.69, 9.17) is 14.2 Å². The molecule has 2 heterocycles. The van der Waals surface area contributed by atoms with Gasteiger partial charge in [0.15, 0.2) is 17.3 Å². The average Bonchev–Trinajstić information content (AvgIpc) is 3.40. The Morgan fingerprint density at radius 3 is 2.36 bits per heavy atom. The molecule has 0 atom stereocenters. The molecule has 0 unspecified atom stereocenters. The number of amides is 1. The minimum atomic E-state index is -0.0847. The van der Waals surface area contributed by atoms with Gasteiger partial charge in [-0.25, -0.2) is 4.98 Å². The molecular formula is C25H26N2O5S. The van der Waals surface area contributed by atoms with Gasteiger partial charge in [-0.15, -0.1) is 11.3 Å². The summed E-state index contributed by atoms with van der Waals surface area (Å²) in [4.78, 5) is 31.9. The maximum Gasteiger partial charge on any atom is 0.253 e. The first-order chi connectivity index (χ1) is 16.1. The van der Waals surface area contributed by atoms with Crippen LogP contribution in [0.1, 0.15) is 39.3 Å². The molecule has 1 fully saturated rings. The van der Waals surface area contributed by atoms with Gasteiger partial charge < -0.3 is 19.1 Å². The molecule has 0 saturated carbocycles. The van der Waals surface area contributed by atoms with Crippen LogP contribution in [0.2, 0.25) is 0 Å². The summed E-state index contributed by atoms with van der Waals surface area (Å²) in [6.45, 7) is 1.41. The summed E-state index contributed by atoms with van der Waals surface area (Å²) in [7, 11) is 3.15. The monoisotopic (exact) mass is 466 g/mol. The molecule has 1 saturated heterocycles. The van der Waals surface area contributed by atoms with Crippen LogP contribution in [0.5, 0.6) is 17.2 Å². The number of likely N-dealkylation sites (tertiary alicyclic amines) is 1. The highest BCUT2D eigenvalue weighted by atomic mass is 32.1. The van der Waals surface area contributed by atoms with Gasteiger partial charge in [0.2, 0.25) is 0 Å². The highest BCUT2D eigenvalue weighted by Gasteiger charge is 2.28. The predicted octanol–water partition coefficient (Wildman–Crippen LogP) is 4.47. The lowest BCUT2D eigenvalue weighted by Crippen LogP contribution is -2.40. The van der Waals surface area contributed by atoms with E-state index in [2.05, 4.69) is 4.98 Å². The number of hydrogen-bond donors (Lipinski definition) is 0. The standard InChI is InChI=1S/C25H26N2O5S/c1-30-21-6-3-17(4-7-21)24(28)18-9-11-27(12-10-18)25(29)19-5-8-22(23(13-19)31-2)32-14-20-15-33-16-26-20/h3-8,13,15-16,18H,9-12,14H2,1-2H3. The molecule has 0 aliphatic carbocycles. The molecule has 1 aromatic heterocycles. The Morgan fingerprint density at radius 2 is 1.73 bits per heavy atom. The summed E-state index contributed by atoms with van der Waals surface area (Å²) >= 11 is 1.51. The molecule has 2 aromatic carbocycles. The van der Waals surface area contributed by atoms with Crippen LogP contribution in [0.3, 0.4) is 0 Å². The lowest BCUT2D eigenvalue weighted by atomic mass is 9.88. The van der Waals surface area contributed by atoms with Gasteiger partial charge in [0.05, 0.1) is 25.4 Å². The molecule has 0 spiro atoms. The van der Waals surface area contributed by atoms with Crippen molar-refractivity contribution in [2.45, 2.75) is 19.4 Å². The van der Waals surface area contributed by atoms with Crippen molar-refractivity contribution in [3.8, 4) is 17.2 Å². The molecule has 0 bridgehead atoms. The summed E-state index contributed by atoms with van der Waals surface area (Å²) in [5.74, 6) is 1.75. The van der Waals surface area contributed by atoms with Crippen LogP contribution in [0.15, 0.2) is 53.4 Å². The van der Waals surface area contributed by atoms with E-state index in [1.54, 1.807) is 67.1 Å². The van der Waals surface area contributed by atoms with Crippen LogP contribution in [0.4, 0.5) is 0 Å². The Bertz CT molecular complexity index is 1090. The Balaban J connectivity index is 1.36. The number of hydrogen-bond acceptors (Lipinski definition) is 7. The van der Waals surface area contributed by atoms with Crippen molar-refractivity contribution in [1.29, 1.82) is 0 Å². The quantitative estimate of drug-likeness (QED) is 0.456. The summed E-state index contributed by atoms with van der Waals surface area (Å²) in [6.07, 6.45) is 1.28. The second-order valence-electron chi connectivity index (χ2n) is 7.79. The van der Waals surface area contributed by atoms with Gasteiger partial charge in [0.1, 0.15) is 12.4 Å². The van der Waals surface area contributed by atoms with E-state index in [9.17, 15) is 9.59 Å². The SMILES string of the molecule is COc1ccc(C(=O)C2CCN(C(=O)c3ccc(OCc4cscn4)c(OC)c3)CC2)cc1. The first kappa shape index (κ1) is 22.8. The number of Topliss-reactive ketones (excluding diaryl/α,β-unsaturated/α-hetero) is 1. The minimum absolute atomic E-state index is 0.0744. The summed E-state index contributed by atoms with van der Waals surface area (Å²) < 4.78 is 16.4. The number of carbonyl (C=O) groups excluding carboxylic acids is 2. The van der Waals surface area contributed by atoms with Gasteiger partial charge in [-0.1, -0.05) is 0 Å². The zero-order valence-electron chi connectivity index (χ0n) is 18.7. The normalized spacial score (nSPS) is 14.1. The number of ether oxygens (including phenoxy) is 3. The van der Waals surface area contributed by atoms with Crippen LogP contribution in [-0.2, 0) is 6.61 Å². The fourth-order valence-electron chi connectivity index (χ4n) is 3.90. The van der Waals surface area contributed by atoms with Gasteiger partial charge in [-0.05, 0) is 55.3 Å². The fraction of sp³-hybridized carbons (Fsp3) is 0.320. The maximum atomic E-state index is 13.1. The second kappa shape index (κ2) is 10.5. The number of methoxy groups -OCH3 is 2. The molecule has 1 aliphatic heterocycles. The Kier molecular flexibility index (Phi) is 7.24. The van der Waals surface area contributed by atoms with E-state index in [0.717, 1.165) is 11.4 Å². The first-order valence-electron chi connectivity index (χ1n) is 10.7. The molecule has 4 rings (SSSR count). The van der Waals surface area contributed by atoms with Crippen molar-refractivity contribution in [3.05, 3.63) is 70.2 Å². The zero-order valence-corrected chi connectivity index (χ0v) is 19.5. The number of nitrogens with zero attached hydrogens (tertiary/aromatic N) is 2. The smallest absolute Gasteiger partial charge is 0.253 e. The molecule has 3 aromatic rings. The number of rotatable bonds is 8. The van der Waals surface area contributed by atoms with Crippen molar-refractivity contribution in [2.24, 2.45) is 5.92 Å². The topological polar surface area (TPSA) is 78.0 Å². The number of aromatic nitrogens is 1. The number of ketones is 1. The Hall–Kier alpha value is -3.39. The molecule has 172 valence electrons. The van der Waals surface area contributed by atoms with E-state index in [1.807, 2.05) is 5.38 Å². The van der Waals surface area contributed by atoms with Crippen LogP contribution < -0.4 is 14.2 Å². The minimum Gasteiger partial charge on any atom is -0.497 e. The van der Waals surface area contributed by atoms with Gasteiger partial charge in [-0.2, -0.15) is 0 Å². The van der Waals surface area contributed by atoms with Crippen molar-refractivity contribution < 1.29 is 23.8 Å². The van der Waals surface area contributed by atoms with Crippen LogP contribution in [0.25, 0.3) is 0 Å². The lowest BCUT2D eigenvalue weighted by Gasteiger charge is -2.31. The molecule has 7 nitrogen and oxygen atoms in total. The largest absolute Gasteiger partial charge is 0.497 e. The maximum absolute atomic E-state index is 13.1. The molecule has 33 heavy (non-hydrogen) atoms. The molecule has 0 radical (unpaired) electrons. The third-order valence-electron chi connectivity index (χ3n) is 5.80. The van der Waals surface area contributed by atoms with Crippen molar-refractivity contribution in [3.63, 3.8) is 0 Å². The van der Waals surface area contributed by atoms with Gasteiger partial charge in [-0.3, -0.25) is 9.59 Å². The summed E-state index contributed by atoms with van der Waals surface area (Å²) in [5.41, 5.74) is 3.81. The number of benzene rings is 2. The van der Waals surface area contributed by atoms with E-state index >= 15 is 0 Å². The molecule has 0 N–H and O–H groups in total. The van der Waals surface area contributed by atoms with Gasteiger partial charge >= 0.3 is 0 Å². The second-order valence-corrected chi connectivity index (χ2v) is 8.51. The summed E-state index contributed by atoms with van der Waals surface area (Å²) in [6, 6.07) is 12.4. The highest BCUT2D eigenvalue weighted by molar-refractivity contribution is 7.07. The molecular weight excluding hydrogens is 440 g/mol. The highest BCUT2D eigenvalue weighted by Crippen LogP contribution is 2.30. The third-order valence-corrected chi connectivity index (χ3v) is 6.43. The zero-order chi connectivity index (χ0) is 23.2. The number of piperidine rings is 1. The average molecular weight is 467 g/mol. The molecule has 8 heteroatoms. The van der Waals surface area contributed by atoms with E-state index in [-0.39, 0.29) is 17.6 Å². The van der Waals surface area contributed by atoms with Crippen LogP contribution in [0, 0.1) is 5.92 Å². The fourth-order valence-corrected chi connectivity index (χ4v) is 4.44. The lowest BCUT2D eigenvalue weighted by molar-refractivity contribution is 0.0650. The number of thiazole rings is 1. The van der Waals surface area contributed by atoms with Crippen LogP contribution >= 0.6 is 11.3 Å². The Labute approximate surface area is 196 Å². The summed E-state index contributed by atoms with van der Waals surface area (Å²) in [5, 5.41) is 1.92. The number of carbonyl (C=O) groups is 2. The first-order valence-corrected chi connectivity index (χ1v) is 11.7. The predicted molar refractivity (Wildman–Crippen MR) is 125 cm³/mol. The van der Waals surface area contributed by atoms with Crippen molar-refractivity contribution in [1.82, 2.24) is 9.88 Å². The van der Waals surface area contributed by atoms with E-state index < -0.39 is 0 Å². The molecule has 1 amide bonds. The molecule has 1 aliphatic rings.